The second kappa shape index (κ2) is 5.56. The largest absolute Gasteiger partial charge is 0.398 e. The number of hydrogen-bond donors (Lipinski definition) is 3. The van der Waals surface area contributed by atoms with Crippen LogP contribution in [0.15, 0.2) is 36.4 Å². The third-order valence-electron chi connectivity index (χ3n) is 3.76. The van der Waals surface area contributed by atoms with E-state index in [9.17, 15) is 0 Å². The van der Waals surface area contributed by atoms with Gasteiger partial charge in [-0.3, -0.25) is 4.98 Å². The van der Waals surface area contributed by atoms with Crippen molar-refractivity contribution in [3.63, 3.8) is 0 Å². The first kappa shape index (κ1) is 13.6. The summed E-state index contributed by atoms with van der Waals surface area (Å²) >= 11 is 0. The summed E-state index contributed by atoms with van der Waals surface area (Å²) < 4.78 is 0. The molecule has 0 bridgehead atoms. The van der Waals surface area contributed by atoms with Crippen molar-refractivity contribution in [1.82, 2.24) is 4.98 Å². The Morgan fingerprint density at radius 1 is 1.29 bits per heavy atom. The molecule has 1 fully saturated rings. The average Bonchev–Trinajstić information content (AvgIpc) is 3.29. The van der Waals surface area contributed by atoms with Gasteiger partial charge in [0.2, 0.25) is 0 Å². The summed E-state index contributed by atoms with van der Waals surface area (Å²) in [7, 11) is 0. The monoisotopic (exact) mass is 280 g/mol. The lowest BCUT2D eigenvalue weighted by molar-refractivity contribution is 1.01. The third-order valence-corrected chi connectivity index (χ3v) is 3.76. The molecule has 1 heterocycles. The van der Waals surface area contributed by atoms with Crippen LogP contribution in [0, 0.1) is 18.3 Å². The van der Waals surface area contributed by atoms with Crippen LogP contribution in [-0.2, 0) is 6.54 Å². The Labute approximate surface area is 124 Å². The summed E-state index contributed by atoms with van der Waals surface area (Å²) in [5, 5.41) is 11.7. The number of anilines is 2. The van der Waals surface area contributed by atoms with Gasteiger partial charge in [-0.2, -0.15) is 0 Å². The van der Waals surface area contributed by atoms with Gasteiger partial charge in [-0.05, 0) is 44.0 Å². The van der Waals surface area contributed by atoms with E-state index in [0.717, 1.165) is 35.5 Å². The molecule has 1 aliphatic carbocycles. The molecule has 4 nitrogen and oxygen atoms in total. The highest BCUT2D eigenvalue weighted by atomic mass is 14.9. The topological polar surface area (TPSA) is 74.8 Å². The maximum atomic E-state index is 8.31. The molecule has 1 saturated carbocycles. The highest BCUT2D eigenvalue weighted by molar-refractivity contribution is 6.09. The first-order valence-electron chi connectivity index (χ1n) is 7.29. The summed E-state index contributed by atoms with van der Waals surface area (Å²) in [6.45, 7) is 2.62. The normalized spacial score (nSPS) is 14.0. The van der Waals surface area contributed by atoms with Crippen LogP contribution in [0.4, 0.5) is 11.4 Å². The van der Waals surface area contributed by atoms with Crippen LogP contribution in [0.1, 0.15) is 29.8 Å². The molecule has 0 aliphatic heterocycles. The Bertz CT molecular complexity index is 674. The molecule has 108 valence electrons. The number of aromatic nitrogens is 1. The zero-order valence-corrected chi connectivity index (χ0v) is 12.2. The number of nitrogens with zero attached hydrogens (tertiary/aromatic N) is 1. The minimum Gasteiger partial charge on any atom is -0.398 e. The van der Waals surface area contributed by atoms with Gasteiger partial charge >= 0.3 is 0 Å². The van der Waals surface area contributed by atoms with E-state index >= 15 is 0 Å². The fourth-order valence-electron chi connectivity index (χ4n) is 2.48. The van der Waals surface area contributed by atoms with Gasteiger partial charge in [-0.15, -0.1) is 0 Å². The second-order valence-electron chi connectivity index (χ2n) is 5.58. The van der Waals surface area contributed by atoms with Crippen molar-refractivity contribution in [1.29, 1.82) is 5.41 Å². The molecule has 0 amide bonds. The van der Waals surface area contributed by atoms with Crippen LogP contribution in [0.25, 0.3) is 0 Å². The summed E-state index contributed by atoms with van der Waals surface area (Å²) in [4.78, 5) is 4.49. The highest BCUT2D eigenvalue weighted by Gasteiger charge is 2.29. The lowest BCUT2D eigenvalue weighted by Gasteiger charge is -2.15. The van der Waals surface area contributed by atoms with Crippen molar-refractivity contribution in [2.45, 2.75) is 26.3 Å². The van der Waals surface area contributed by atoms with E-state index in [1.807, 2.05) is 43.3 Å². The molecule has 0 saturated heterocycles. The summed E-state index contributed by atoms with van der Waals surface area (Å²) in [5.74, 6) is 0.382. The Hall–Kier alpha value is -2.36. The predicted octanol–water partition coefficient (Wildman–Crippen LogP) is 3.36. The molecule has 0 spiro atoms. The number of pyridine rings is 1. The van der Waals surface area contributed by atoms with Crippen molar-refractivity contribution >= 4 is 17.1 Å². The zero-order valence-electron chi connectivity index (χ0n) is 12.2. The maximum absolute atomic E-state index is 8.31. The van der Waals surface area contributed by atoms with Crippen LogP contribution in [0.5, 0.6) is 0 Å². The van der Waals surface area contributed by atoms with Crippen LogP contribution >= 0.6 is 0 Å². The van der Waals surface area contributed by atoms with Crippen LogP contribution < -0.4 is 11.1 Å². The molecular weight excluding hydrogens is 260 g/mol. The molecule has 1 aromatic heterocycles. The lowest BCUT2D eigenvalue weighted by Crippen LogP contribution is -2.11. The first-order valence-corrected chi connectivity index (χ1v) is 7.29. The van der Waals surface area contributed by atoms with Gasteiger partial charge in [0.25, 0.3) is 0 Å². The fraction of sp³-hybridized carbons (Fsp3) is 0.294. The Morgan fingerprint density at radius 3 is 2.76 bits per heavy atom. The van der Waals surface area contributed by atoms with Crippen molar-refractivity contribution in [2.75, 3.05) is 11.1 Å². The molecule has 0 radical (unpaired) electrons. The molecular formula is C17H20N4. The van der Waals surface area contributed by atoms with Gasteiger partial charge in [0, 0.05) is 34.3 Å². The van der Waals surface area contributed by atoms with Gasteiger partial charge in [-0.1, -0.05) is 12.1 Å². The standard InChI is InChI=1S/C17H20N4/c1-11-4-2-5-13(21-11)10-20-15-7-3-6-14(18)16(15)17(19)12-8-9-12/h2-7,12,19-20H,8-10,18H2,1H3. The molecule has 1 aliphatic rings. The minimum absolute atomic E-state index is 0.382. The van der Waals surface area contributed by atoms with Gasteiger partial charge < -0.3 is 16.5 Å². The summed E-state index contributed by atoms with van der Waals surface area (Å²) in [5.41, 5.74) is 11.2. The minimum atomic E-state index is 0.382. The van der Waals surface area contributed by atoms with Gasteiger partial charge in [0.05, 0.1) is 12.2 Å². The number of nitrogens with one attached hydrogen (secondary N) is 2. The predicted molar refractivity (Wildman–Crippen MR) is 86.7 cm³/mol. The lowest BCUT2D eigenvalue weighted by atomic mass is 10.0. The quantitative estimate of drug-likeness (QED) is 0.580. The van der Waals surface area contributed by atoms with Crippen molar-refractivity contribution < 1.29 is 0 Å². The molecule has 3 rings (SSSR count). The third kappa shape index (κ3) is 3.05. The number of hydrogen-bond acceptors (Lipinski definition) is 4. The van der Waals surface area contributed by atoms with Crippen LogP contribution in [-0.4, -0.2) is 10.7 Å². The summed E-state index contributed by atoms with van der Waals surface area (Å²) in [6, 6.07) is 11.8. The molecule has 0 atom stereocenters. The number of nitrogen functional groups attached to an aromatic ring is 1. The Kier molecular flexibility index (Phi) is 3.60. The molecule has 0 unspecified atom stereocenters. The van der Waals surface area contributed by atoms with Crippen molar-refractivity contribution in [2.24, 2.45) is 5.92 Å². The van der Waals surface area contributed by atoms with E-state index in [0.29, 0.717) is 23.9 Å². The molecule has 4 N–H and O–H groups in total. The van der Waals surface area contributed by atoms with E-state index < -0.39 is 0 Å². The first-order chi connectivity index (χ1) is 10.1. The van der Waals surface area contributed by atoms with E-state index in [2.05, 4.69) is 10.3 Å². The molecule has 21 heavy (non-hydrogen) atoms. The average molecular weight is 280 g/mol. The molecule has 4 heteroatoms. The van der Waals surface area contributed by atoms with Gasteiger partial charge in [0.1, 0.15) is 0 Å². The SMILES string of the molecule is Cc1cccc(CNc2cccc(N)c2C(=N)C2CC2)n1. The van der Waals surface area contributed by atoms with Crippen LogP contribution in [0.2, 0.25) is 0 Å². The van der Waals surface area contributed by atoms with Crippen LogP contribution in [0.3, 0.4) is 0 Å². The van der Waals surface area contributed by atoms with E-state index in [1.165, 1.54) is 0 Å². The van der Waals surface area contributed by atoms with E-state index in [1.54, 1.807) is 0 Å². The molecule has 2 aromatic rings. The van der Waals surface area contributed by atoms with Gasteiger partial charge in [-0.25, -0.2) is 0 Å². The van der Waals surface area contributed by atoms with E-state index in [4.69, 9.17) is 11.1 Å². The highest BCUT2D eigenvalue weighted by Crippen LogP contribution is 2.36. The zero-order chi connectivity index (χ0) is 14.8. The number of rotatable bonds is 5. The smallest absolute Gasteiger partial charge is 0.0597 e. The van der Waals surface area contributed by atoms with Crippen molar-refractivity contribution in [3.05, 3.63) is 53.3 Å². The number of nitrogens with two attached hydrogens (primary N) is 1. The maximum Gasteiger partial charge on any atom is 0.0597 e. The molecule has 1 aromatic carbocycles. The number of aryl methyl sites for hydroxylation is 1. The fourth-order valence-corrected chi connectivity index (χ4v) is 2.48. The Morgan fingerprint density at radius 2 is 2.05 bits per heavy atom. The second-order valence-corrected chi connectivity index (χ2v) is 5.58. The van der Waals surface area contributed by atoms with E-state index in [-0.39, 0.29) is 0 Å². The summed E-state index contributed by atoms with van der Waals surface area (Å²) in [6.07, 6.45) is 2.21. The van der Waals surface area contributed by atoms with Gasteiger partial charge in [0.15, 0.2) is 0 Å². The van der Waals surface area contributed by atoms with Crippen molar-refractivity contribution in [3.8, 4) is 0 Å². The number of benzene rings is 1. The Balaban J connectivity index is 1.81.